The molecule has 1 aliphatic rings. The van der Waals surface area contributed by atoms with Crippen LogP contribution in [0.3, 0.4) is 0 Å². The summed E-state index contributed by atoms with van der Waals surface area (Å²) >= 11 is 0. The number of ether oxygens (including phenoxy) is 1. The van der Waals surface area contributed by atoms with Gasteiger partial charge in [-0.3, -0.25) is 0 Å². The van der Waals surface area contributed by atoms with E-state index >= 15 is 0 Å². The van der Waals surface area contributed by atoms with E-state index in [-0.39, 0.29) is 5.60 Å². The highest BCUT2D eigenvalue weighted by molar-refractivity contribution is 4.92. The van der Waals surface area contributed by atoms with E-state index in [0.29, 0.717) is 6.04 Å². The van der Waals surface area contributed by atoms with Crippen molar-refractivity contribution in [3.05, 3.63) is 0 Å². The van der Waals surface area contributed by atoms with Crippen LogP contribution >= 0.6 is 0 Å². The van der Waals surface area contributed by atoms with E-state index in [2.05, 4.69) is 33.0 Å². The minimum Gasteiger partial charge on any atom is -0.374 e. The molecule has 0 bridgehead atoms. The van der Waals surface area contributed by atoms with Gasteiger partial charge in [-0.25, -0.2) is 0 Å². The number of hydrogen-bond acceptors (Lipinski definition) is 2. The summed E-state index contributed by atoms with van der Waals surface area (Å²) in [5.74, 6) is 0.959. The molecule has 0 radical (unpaired) electrons. The van der Waals surface area contributed by atoms with E-state index in [4.69, 9.17) is 4.74 Å². The van der Waals surface area contributed by atoms with Crippen LogP contribution in [0.2, 0.25) is 0 Å². The lowest BCUT2D eigenvalue weighted by molar-refractivity contribution is -0.0581. The maximum Gasteiger partial charge on any atom is 0.0804 e. The van der Waals surface area contributed by atoms with Crippen LogP contribution in [0.1, 0.15) is 59.8 Å². The van der Waals surface area contributed by atoms with E-state index < -0.39 is 0 Å². The van der Waals surface area contributed by atoms with Crippen molar-refractivity contribution in [3.8, 4) is 0 Å². The lowest BCUT2D eigenvalue weighted by atomic mass is 9.89. The second-order valence-electron chi connectivity index (χ2n) is 5.29. The van der Waals surface area contributed by atoms with Gasteiger partial charge in [-0.1, -0.05) is 26.7 Å². The molecule has 2 heteroatoms. The van der Waals surface area contributed by atoms with Crippen molar-refractivity contribution in [1.29, 1.82) is 0 Å². The van der Waals surface area contributed by atoms with Crippen molar-refractivity contribution < 1.29 is 4.74 Å². The second-order valence-corrected chi connectivity index (χ2v) is 5.29. The summed E-state index contributed by atoms with van der Waals surface area (Å²) in [7, 11) is 0. The predicted molar refractivity (Wildman–Crippen MR) is 69.7 cm³/mol. The van der Waals surface area contributed by atoms with Crippen LogP contribution in [0.25, 0.3) is 0 Å². The molecule has 1 rings (SSSR count). The monoisotopic (exact) mass is 227 g/mol. The van der Waals surface area contributed by atoms with E-state index in [1.165, 1.54) is 25.7 Å². The van der Waals surface area contributed by atoms with Gasteiger partial charge in [-0.2, -0.15) is 0 Å². The Labute approximate surface area is 101 Å². The molecule has 2 atom stereocenters. The maximum absolute atomic E-state index is 6.00. The Morgan fingerprint density at radius 1 is 1.31 bits per heavy atom. The summed E-state index contributed by atoms with van der Waals surface area (Å²) in [5.41, 5.74) is 0.0203. The largest absolute Gasteiger partial charge is 0.374 e. The van der Waals surface area contributed by atoms with Gasteiger partial charge in [-0.15, -0.1) is 0 Å². The minimum absolute atomic E-state index is 0.0203. The topological polar surface area (TPSA) is 21.3 Å². The summed E-state index contributed by atoms with van der Waals surface area (Å²) in [6.07, 6.45) is 6.44. The highest BCUT2D eigenvalue weighted by Gasteiger charge is 2.36. The fourth-order valence-corrected chi connectivity index (χ4v) is 2.33. The molecule has 0 aromatic rings. The van der Waals surface area contributed by atoms with Crippen LogP contribution in [0.4, 0.5) is 0 Å². The number of hydrogen-bond donors (Lipinski definition) is 1. The lowest BCUT2D eigenvalue weighted by Gasteiger charge is -2.37. The Bertz CT molecular complexity index is 191. The standard InChI is InChI=1S/C14H29NO/c1-5-10-15-13(11-12-8-9-12)14(4,6-2)16-7-3/h12-13,15H,5-11H2,1-4H3. The SMILES string of the molecule is CCCNC(CC1CC1)C(C)(CC)OCC. The van der Waals surface area contributed by atoms with Gasteiger partial charge >= 0.3 is 0 Å². The first-order valence-corrected chi connectivity index (χ1v) is 7.03. The van der Waals surface area contributed by atoms with Crippen molar-refractivity contribution in [2.24, 2.45) is 5.92 Å². The van der Waals surface area contributed by atoms with Crippen molar-refractivity contribution >= 4 is 0 Å². The summed E-state index contributed by atoms with van der Waals surface area (Å²) in [4.78, 5) is 0. The Kier molecular flexibility index (Phi) is 5.77. The van der Waals surface area contributed by atoms with Crippen LogP contribution < -0.4 is 5.32 Å². The van der Waals surface area contributed by atoms with E-state index in [9.17, 15) is 0 Å². The predicted octanol–water partition coefficient (Wildman–Crippen LogP) is 3.36. The summed E-state index contributed by atoms with van der Waals surface area (Å²) < 4.78 is 6.00. The molecule has 0 saturated heterocycles. The van der Waals surface area contributed by atoms with Gasteiger partial charge in [0.2, 0.25) is 0 Å². The highest BCUT2D eigenvalue weighted by atomic mass is 16.5. The average Bonchev–Trinajstić information content (AvgIpc) is 3.08. The van der Waals surface area contributed by atoms with Gasteiger partial charge in [0.15, 0.2) is 0 Å². The Morgan fingerprint density at radius 2 is 2.00 bits per heavy atom. The molecule has 1 saturated carbocycles. The van der Waals surface area contributed by atoms with Crippen LogP contribution in [-0.4, -0.2) is 24.8 Å². The zero-order valence-electron chi connectivity index (χ0n) is 11.5. The molecule has 0 aromatic heterocycles. The van der Waals surface area contributed by atoms with Crippen LogP contribution in [0.5, 0.6) is 0 Å². The second kappa shape index (κ2) is 6.61. The summed E-state index contributed by atoms with van der Waals surface area (Å²) in [5, 5.41) is 3.69. The third kappa shape index (κ3) is 4.06. The molecule has 0 heterocycles. The zero-order valence-corrected chi connectivity index (χ0v) is 11.5. The van der Waals surface area contributed by atoms with Crippen molar-refractivity contribution in [3.63, 3.8) is 0 Å². The molecule has 0 aliphatic heterocycles. The first kappa shape index (κ1) is 14.0. The van der Waals surface area contributed by atoms with E-state index in [1.54, 1.807) is 0 Å². The molecule has 1 fully saturated rings. The smallest absolute Gasteiger partial charge is 0.0804 e. The molecule has 2 nitrogen and oxygen atoms in total. The molecular formula is C14H29NO. The molecule has 96 valence electrons. The van der Waals surface area contributed by atoms with Gasteiger partial charge in [0.25, 0.3) is 0 Å². The number of nitrogens with one attached hydrogen (secondary N) is 1. The minimum atomic E-state index is 0.0203. The fraction of sp³-hybridized carbons (Fsp3) is 1.00. The van der Waals surface area contributed by atoms with Crippen molar-refractivity contribution in [1.82, 2.24) is 5.32 Å². The van der Waals surface area contributed by atoms with Gasteiger partial charge in [0, 0.05) is 12.6 Å². The maximum atomic E-state index is 6.00. The van der Waals surface area contributed by atoms with E-state index in [1.807, 2.05) is 0 Å². The van der Waals surface area contributed by atoms with Gasteiger partial charge < -0.3 is 10.1 Å². The highest BCUT2D eigenvalue weighted by Crippen LogP contribution is 2.37. The van der Waals surface area contributed by atoms with Crippen molar-refractivity contribution in [2.75, 3.05) is 13.2 Å². The van der Waals surface area contributed by atoms with Crippen molar-refractivity contribution in [2.45, 2.75) is 71.4 Å². The summed E-state index contributed by atoms with van der Waals surface area (Å²) in [6.45, 7) is 10.8. The van der Waals surface area contributed by atoms with Gasteiger partial charge in [0.1, 0.15) is 0 Å². The molecule has 0 aromatic carbocycles. The average molecular weight is 227 g/mol. The number of rotatable bonds is 9. The molecule has 2 unspecified atom stereocenters. The van der Waals surface area contributed by atoms with Crippen LogP contribution in [0, 0.1) is 5.92 Å². The first-order chi connectivity index (χ1) is 7.66. The molecule has 1 N–H and O–H groups in total. The van der Waals surface area contributed by atoms with Crippen LogP contribution in [0.15, 0.2) is 0 Å². The lowest BCUT2D eigenvalue weighted by Crippen LogP contribution is -2.50. The normalized spacial score (nSPS) is 21.8. The molecular weight excluding hydrogens is 198 g/mol. The third-order valence-corrected chi connectivity index (χ3v) is 3.82. The van der Waals surface area contributed by atoms with E-state index in [0.717, 1.165) is 25.5 Å². The van der Waals surface area contributed by atoms with Crippen LogP contribution in [-0.2, 0) is 4.74 Å². The Balaban J connectivity index is 2.54. The fourth-order valence-electron chi connectivity index (χ4n) is 2.33. The summed E-state index contributed by atoms with van der Waals surface area (Å²) in [6, 6.07) is 0.532. The Morgan fingerprint density at radius 3 is 2.44 bits per heavy atom. The molecule has 1 aliphatic carbocycles. The quantitative estimate of drug-likeness (QED) is 0.652. The molecule has 0 spiro atoms. The third-order valence-electron chi connectivity index (χ3n) is 3.82. The Hall–Kier alpha value is -0.0800. The van der Waals surface area contributed by atoms with Gasteiger partial charge in [0.05, 0.1) is 5.60 Å². The zero-order chi connectivity index (χ0) is 12.0. The molecule has 16 heavy (non-hydrogen) atoms. The molecule has 0 amide bonds. The first-order valence-electron chi connectivity index (χ1n) is 7.03. The van der Waals surface area contributed by atoms with Gasteiger partial charge in [-0.05, 0) is 45.6 Å².